The maximum absolute atomic E-state index is 10.7. The molecule has 0 N–H and O–H groups in total. The quantitative estimate of drug-likeness (QED) is 0.741. The third kappa shape index (κ3) is 3.92. The largest absolute Gasteiger partial charge is 0.457 e. The Kier molecular flexibility index (Phi) is 5.32. The van der Waals surface area contributed by atoms with E-state index in [-0.39, 0.29) is 0 Å². The summed E-state index contributed by atoms with van der Waals surface area (Å²) in [5, 5.41) is 0. The highest BCUT2D eigenvalue weighted by atomic mass is 79.9. The van der Waals surface area contributed by atoms with Crippen LogP contribution in [0, 0.1) is 0 Å². The summed E-state index contributed by atoms with van der Waals surface area (Å²) in [6.45, 7) is 0.709. The molecule has 0 saturated carbocycles. The average molecular weight is 335 g/mol. The number of methoxy groups -OCH3 is 1. The van der Waals surface area contributed by atoms with E-state index in [1.54, 1.807) is 25.3 Å². The smallest absolute Gasteiger partial charge is 0.151 e. The second kappa shape index (κ2) is 7.22. The Morgan fingerprint density at radius 1 is 1.10 bits per heavy atom. The molecule has 0 radical (unpaired) electrons. The van der Waals surface area contributed by atoms with Crippen LogP contribution in [0.2, 0.25) is 0 Å². The van der Waals surface area contributed by atoms with E-state index >= 15 is 0 Å². The van der Waals surface area contributed by atoms with Crippen LogP contribution in [-0.2, 0) is 11.2 Å². The molecule has 0 aromatic heterocycles. The van der Waals surface area contributed by atoms with Gasteiger partial charge in [0, 0.05) is 17.1 Å². The monoisotopic (exact) mass is 334 g/mol. The summed E-state index contributed by atoms with van der Waals surface area (Å²) in [6, 6.07) is 13.2. The molecule has 0 aliphatic rings. The van der Waals surface area contributed by atoms with Crippen molar-refractivity contribution in [3.63, 3.8) is 0 Å². The molecule has 0 heterocycles. The summed E-state index contributed by atoms with van der Waals surface area (Å²) >= 11 is 3.34. The topological polar surface area (TPSA) is 35.5 Å². The lowest BCUT2D eigenvalue weighted by Crippen LogP contribution is -1.94. The lowest BCUT2D eigenvalue weighted by molar-refractivity contribution is 0.112. The van der Waals surface area contributed by atoms with Crippen molar-refractivity contribution in [1.29, 1.82) is 0 Å². The molecule has 3 nitrogen and oxygen atoms in total. The number of rotatable bonds is 6. The molecular weight excluding hydrogens is 320 g/mol. The lowest BCUT2D eigenvalue weighted by Gasteiger charge is -2.08. The van der Waals surface area contributed by atoms with Crippen molar-refractivity contribution < 1.29 is 14.3 Å². The van der Waals surface area contributed by atoms with E-state index in [0.29, 0.717) is 17.9 Å². The first-order valence-electron chi connectivity index (χ1n) is 6.23. The van der Waals surface area contributed by atoms with Crippen molar-refractivity contribution in [2.45, 2.75) is 6.42 Å². The molecule has 0 spiro atoms. The van der Waals surface area contributed by atoms with Gasteiger partial charge in [0.25, 0.3) is 0 Å². The van der Waals surface area contributed by atoms with E-state index in [1.165, 1.54) is 5.56 Å². The first-order valence-corrected chi connectivity index (χ1v) is 7.02. The van der Waals surface area contributed by atoms with Crippen molar-refractivity contribution in [3.05, 3.63) is 58.1 Å². The minimum absolute atomic E-state index is 0.604. The van der Waals surface area contributed by atoms with Crippen LogP contribution < -0.4 is 4.74 Å². The van der Waals surface area contributed by atoms with Gasteiger partial charge in [0.2, 0.25) is 0 Å². The molecular formula is C16H15BrO3. The van der Waals surface area contributed by atoms with Gasteiger partial charge in [0.05, 0.1) is 6.61 Å². The fraction of sp³-hybridized carbons (Fsp3) is 0.188. The highest BCUT2D eigenvalue weighted by Gasteiger charge is 2.03. The highest BCUT2D eigenvalue weighted by molar-refractivity contribution is 9.10. The predicted molar refractivity (Wildman–Crippen MR) is 81.6 cm³/mol. The van der Waals surface area contributed by atoms with Gasteiger partial charge in [-0.25, -0.2) is 0 Å². The summed E-state index contributed by atoms with van der Waals surface area (Å²) in [5.41, 5.74) is 1.81. The summed E-state index contributed by atoms with van der Waals surface area (Å²) < 4.78 is 11.5. The minimum atomic E-state index is 0.604. The molecule has 0 bridgehead atoms. The first kappa shape index (κ1) is 14.8. The summed E-state index contributed by atoms with van der Waals surface area (Å²) in [4.78, 5) is 10.7. The Bertz CT molecular complexity index is 579. The van der Waals surface area contributed by atoms with Crippen LogP contribution in [0.4, 0.5) is 0 Å². The molecule has 20 heavy (non-hydrogen) atoms. The van der Waals surface area contributed by atoms with Crippen LogP contribution in [0.15, 0.2) is 46.9 Å². The standard InChI is InChI=1S/C16H15BrO3/c1-19-9-8-12-2-5-14(6-3-12)20-15-7-4-13(11-18)16(17)10-15/h2-7,10-11H,8-9H2,1H3. The van der Waals surface area contributed by atoms with Gasteiger partial charge in [-0.3, -0.25) is 4.79 Å². The molecule has 2 aromatic rings. The Morgan fingerprint density at radius 2 is 1.80 bits per heavy atom. The number of carbonyl (C=O) groups excluding carboxylic acids is 1. The number of hydrogen-bond acceptors (Lipinski definition) is 3. The van der Waals surface area contributed by atoms with E-state index in [1.807, 2.05) is 24.3 Å². The molecule has 0 fully saturated rings. The third-order valence-electron chi connectivity index (χ3n) is 2.85. The Balaban J connectivity index is 2.06. The van der Waals surface area contributed by atoms with Crippen LogP contribution >= 0.6 is 15.9 Å². The van der Waals surface area contributed by atoms with Gasteiger partial charge in [0.15, 0.2) is 6.29 Å². The molecule has 0 aliphatic carbocycles. The van der Waals surface area contributed by atoms with Gasteiger partial charge in [-0.1, -0.05) is 12.1 Å². The molecule has 4 heteroatoms. The number of aldehydes is 1. The van der Waals surface area contributed by atoms with E-state index in [0.717, 1.165) is 22.9 Å². The molecule has 2 aromatic carbocycles. The number of hydrogen-bond donors (Lipinski definition) is 0. The van der Waals surface area contributed by atoms with Gasteiger partial charge in [-0.15, -0.1) is 0 Å². The molecule has 0 saturated heterocycles. The van der Waals surface area contributed by atoms with Gasteiger partial charge in [-0.2, -0.15) is 0 Å². The summed E-state index contributed by atoms with van der Waals surface area (Å²) in [7, 11) is 1.69. The molecule has 0 atom stereocenters. The van der Waals surface area contributed by atoms with Crippen LogP contribution in [0.25, 0.3) is 0 Å². The minimum Gasteiger partial charge on any atom is -0.457 e. The zero-order chi connectivity index (χ0) is 14.4. The van der Waals surface area contributed by atoms with Crippen molar-refractivity contribution in [1.82, 2.24) is 0 Å². The Labute approximate surface area is 126 Å². The average Bonchev–Trinajstić information content (AvgIpc) is 2.47. The molecule has 0 aliphatic heterocycles. The fourth-order valence-corrected chi connectivity index (χ4v) is 2.20. The van der Waals surface area contributed by atoms with Gasteiger partial charge >= 0.3 is 0 Å². The van der Waals surface area contributed by atoms with Crippen molar-refractivity contribution in [2.75, 3.05) is 13.7 Å². The van der Waals surface area contributed by atoms with Gasteiger partial charge < -0.3 is 9.47 Å². The molecule has 0 amide bonds. The van der Waals surface area contributed by atoms with Crippen molar-refractivity contribution >= 4 is 22.2 Å². The molecule has 2 rings (SSSR count). The van der Waals surface area contributed by atoms with E-state index in [9.17, 15) is 4.79 Å². The maximum Gasteiger partial charge on any atom is 0.151 e. The number of halogens is 1. The summed E-state index contributed by atoms with van der Waals surface area (Å²) in [5.74, 6) is 1.45. The number of benzene rings is 2. The van der Waals surface area contributed by atoms with E-state index in [4.69, 9.17) is 9.47 Å². The van der Waals surface area contributed by atoms with Crippen LogP contribution in [0.5, 0.6) is 11.5 Å². The third-order valence-corrected chi connectivity index (χ3v) is 3.54. The number of ether oxygens (including phenoxy) is 2. The lowest BCUT2D eigenvalue weighted by atomic mass is 10.1. The van der Waals surface area contributed by atoms with Crippen molar-refractivity contribution in [2.24, 2.45) is 0 Å². The number of carbonyl (C=O) groups is 1. The zero-order valence-corrected chi connectivity index (χ0v) is 12.7. The zero-order valence-electron chi connectivity index (χ0n) is 11.1. The van der Waals surface area contributed by atoms with E-state index < -0.39 is 0 Å². The predicted octanol–water partition coefficient (Wildman–Crippen LogP) is 4.24. The Morgan fingerprint density at radius 3 is 2.40 bits per heavy atom. The molecule has 104 valence electrons. The van der Waals surface area contributed by atoms with Crippen LogP contribution in [0.1, 0.15) is 15.9 Å². The second-order valence-electron chi connectivity index (χ2n) is 4.29. The van der Waals surface area contributed by atoms with Crippen LogP contribution in [-0.4, -0.2) is 20.0 Å². The fourth-order valence-electron chi connectivity index (χ4n) is 1.75. The van der Waals surface area contributed by atoms with Gasteiger partial charge in [-0.05, 0) is 58.2 Å². The van der Waals surface area contributed by atoms with Crippen molar-refractivity contribution in [3.8, 4) is 11.5 Å². The van der Waals surface area contributed by atoms with Gasteiger partial charge in [0.1, 0.15) is 11.5 Å². The second-order valence-corrected chi connectivity index (χ2v) is 5.14. The first-order chi connectivity index (χ1) is 9.72. The SMILES string of the molecule is COCCc1ccc(Oc2ccc(C=O)c(Br)c2)cc1. The van der Waals surface area contributed by atoms with E-state index in [2.05, 4.69) is 15.9 Å². The highest BCUT2D eigenvalue weighted by Crippen LogP contribution is 2.26. The summed E-state index contributed by atoms with van der Waals surface area (Å²) in [6.07, 6.45) is 1.69. The normalized spacial score (nSPS) is 10.3. The Hall–Kier alpha value is -1.65. The maximum atomic E-state index is 10.7. The molecule has 0 unspecified atom stereocenters. The van der Waals surface area contributed by atoms with Crippen LogP contribution in [0.3, 0.4) is 0 Å².